The summed E-state index contributed by atoms with van der Waals surface area (Å²) in [5.41, 5.74) is 2.76. The first-order valence-corrected chi connectivity index (χ1v) is 6.35. The number of aromatic amines is 1. The van der Waals surface area contributed by atoms with Crippen molar-refractivity contribution in [3.05, 3.63) is 64.7 Å². The van der Waals surface area contributed by atoms with E-state index in [1.807, 2.05) is 18.2 Å². The molecule has 0 amide bonds. The molecule has 0 saturated carbocycles. The molecule has 0 saturated heterocycles. The Balaban J connectivity index is 2.06. The molecule has 5 heteroatoms. The molecule has 3 aromatic rings. The van der Waals surface area contributed by atoms with Gasteiger partial charge in [0, 0.05) is 0 Å². The largest absolute Gasteiger partial charge is 0.465 e. The molecule has 1 heterocycles. The van der Waals surface area contributed by atoms with Crippen molar-refractivity contribution in [2.24, 2.45) is 0 Å². The number of hydrogen-bond donors (Lipinski definition) is 1. The minimum absolute atomic E-state index is 0.173. The lowest BCUT2D eigenvalue weighted by Gasteiger charge is -2.04. The van der Waals surface area contributed by atoms with E-state index in [0.29, 0.717) is 16.5 Å². The Morgan fingerprint density at radius 3 is 2.52 bits per heavy atom. The highest BCUT2D eigenvalue weighted by Crippen LogP contribution is 2.22. The van der Waals surface area contributed by atoms with Crippen LogP contribution in [0.1, 0.15) is 10.4 Å². The van der Waals surface area contributed by atoms with Gasteiger partial charge in [0.15, 0.2) is 0 Å². The summed E-state index contributed by atoms with van der Waals surface area (Å²) >= 11 is 0. The van der Waals surface area contributed by atoms with Crippen molar-refractivity contribution in [2.75, 3.05) is 7.11 Å². The quantitative estimate of drug-likeness (QED) is 0.731. The van der Waals surface area contributed by atoms with E-state index in [2.05, 4.69) is 14.7 Å². The third-order valence-corrected chi connectivity index (χ3v) is 3.28. The van der Waals surface area contributed by atoms with Crippen LogP contribution in [0.25, 0.3) is 22.0 Å². The number of rotatable bonds is 2. The molecule has 0 radical (unpaired) electrons. The molecule has 3 rings (SSSR count). The van der Waals surface area contributed by atoms with Crippen LogP contribution >= 0.6 is 0 Å². The van der Waals surface area contributed by atoms with E-state index < -0.39 is 0 Å². The summed E-state index contributed by atoms with van der Waals surface area (Å²) in [6.45, 7) is 0. The van der Waals surface area contributed by atoms with Gasteiger partial charge < -0.3 is 9.72 Å². The van der Waals surface area contributed by atoms with Gasteiger partial charge in [-0.15, -0.1) is 0 Å². The number of nitrogens with one attached hydrogen (secondary N) is 1. The lowest BCUT2D eigenvalue weighted by Crippen LogP contribution is -2.06. The molecule has 0 aliphatic carbocycles. The van der Waals surface area contributed by atoms with Crippen molar-refractivity contribution in [1.29, 1.82) is 0 Å². The molecule has 1 aromatic heterocycles. The van der Waals surface area contributed by atoms with Gasteiger partial charge in [-0.1, -0.05) is 18.2 Å². The minimum atomic E-state index is -0.374. The zero-order valence-corrected chi connectivity index (χ0v) is 11.3. The standard InChI is InChI=1S/C16H12N2O3/c1-21-16(20)11-4-2-10(3-5-11)12-6-7-14-13(8-12)15(19)18-9-17-14/h2-9H,1H3,(H,17,18,19). The molecule has 0 bridgehead atoms. The second-order valence-corrected chi connectivity index (χ2v) is 4.53. The molecule has 0 fully saturated rings. The Bertz CT molecular complexity index is 867. The number of benzene rings is 2. The molecule has 0 aliphatic rings. The van der Waals surface area contributed by atoms with Crippen LogP contribution in [0.4, 0.5) is 0 Å². The molecule has 5 nitrogen and oxygen atoms in total. The van der Waals surface area contributed by atoms with Crippen molar-refractivity contribution in [3.63, 3.8) is 0 Å². The number of ether oxygens (including phenoxy) is 1. The number of carbonyl (C=O) groups excluding carboxylic acids is 1. The molecular weight excluding hydrogens is 268 g/mol. The van der Waals surface area contributed by atoms with E-state index in [1.165, 1.54) is 13.4 Å². The van der Waals surface area contributed by atoms with Crippen molar-refractivity contribution < 1.29 is 9.53 Å². The molecule has 21 heavy (non-hydrogen) atoms. The number of carbonyl (C=O) groups is 1. The lowest BCUT2D eigenvalue weighted by molar-refractivity contribution is 0.0601. The summed E-state index contributed by atoms with van der Waals surface area (Å²) in [5.74, 6) is -0.374. The fourth-order valence-corrected chi connectivity index (χ4v) is 2.16. The number of methoxy groups -OCH3 is 1. The monoisotopic (exact) mass is 280 g/mol. The van der Waals surface area contributed by atoms with Crippen molar-refractivity contribution >= 4 is 16.9 Å². The Hall–Kier alpha value is -2.95. The fraction of sp³-hybridized carbons (Fsp3) is 0.0625. The third-order valence-electron chi connectivity index (χ3n) is 3.28. The summed E-state index contributed by atoms with van der Waals surface area (Å²) < 4.78 is 4.66. The van der Waals surface area contributed by atoms with Crippen molar-refractivity contribution in [2.45, 2.75) is 0 Å². The number of hydrogen-bond acceptors (Lipinski definition) is 4. The normalized spacial score (nSPS) is 10.5. The lowest BCUT2D eigenvalue weighted by atomic mass is 10.0. The highest BCUT2D eigenvalue weighted by atomic mass is 16.5. The third kappa shape index (κ3) is 2.41. The summed E-state index contributed by atoms with van der Waals surface area (Å²) in [6.07, 6.45) is 1.38. The average molecular weight is 280 g/mol. The van der Waals surface area contributed by atoms with Gasteiger partial charge in [-0.3, -0.25) is 4.79 Å². The van der Waals surface area contributed by atoms with Gasteiger partial charge in [-0.05, 0) is 35.4 Å². The van der Waals surface area contributed by atoms with E-state index >= 15 is 0 Å². The fourth-order valence-electron chi connectivity index (χ4n) is 2.16. The summed E-state index contributed by atoms with van der Waals surface area (Å²) in [7, 11) is 1.35. The maximum atomic E-state index is 11.8. The van der Waals surface area contributed by atoms with Gasteiger partial charge in [0.2, 0.25) is 0 Å². The average Bonchev–Trinajstić information content (AvgIpc) is 2.54. The number of nitrogens with zero attached hydrogens (tertiary/aromatic N) is 1. The Kier molecular flexibility index (Phi) is 3.23. The first-order chi connectivity index (χ1) is 10.2. The second kappa shape index (κ2) is 5.20. The number of esters is 1. The van der Waals surface area contributed by atoms with E-state index in [0.717, 1.165) is 11.1 Å². The molecule has 0 atom stereocenters. The van der Waals surface area contributed by atoms with Crippen LogP contribution in [0.3, 0.4) is 0 Å². The van der Waals surface area contributed by atoms with Crippen LogP contribution in [-0.4, -0.2) is 23.0 Å². The highest BCUT2D eigenvalue weighted by molar-refractivity contribution is 5.90. The molecule has 1 N–H and O–H groups in total. The molecule has 104 valence electrons. The van der Waals surface area contributed by atoms with Gasteiger partial charge in [-0.2, -0.15) is 0 Å². The highest BCUT2D eigenvalue weighted by Gasteiger charge is 2.06. The van der Waals surface area contributed by atoms with E-state index in [9.17, 15) is 9.59 Å². The Morgan fingerprint density at radius 2 is 1.81 bits per heavy atom. The van der Waals surface area contributed by atoms with Crippen LogP contribution in [0.15, 0.2) is 53.6 Å². The van der Waals surface area contributed by atoms with Crippen molar-refractivity contribution in [3.8, 4) is 11.1 Å². The molecule has 0 spiro atoms. The summed E-state index contributed by atoms with van der Waals surface area (Å²) in [6, 6.07) is 12.5. The molecule has 2 aromatic carbocycles. The van der Waals surface area contributed by atoms with Crippen LogP contribution in [-0.2, 0) is 4.74 Å². The zero-order valence-electron chi connectivity index (χ0n) is 11.3. The predicted molar refractivity (Wildman–Crippen MR) is 79.1 cm³/mol. The van der Waals surface area contributed by atoms with E-state index in [1.54, 1.807) is 24.3 Å². The van der Waals surface area contributed by atoms with E-state index in [-0.39, 0.29) is 11.5 Å². The Labute approximate surface area is 120 Å². The van der Waals surface area contributed by atoms with Gasteiger partial charge in [0.05, 0.1) is 29.9 Å². The Morgan fingerprint density at radius 1 is 1.10 bits per heavy atom. The van der Waals surface area contributed by atoms with Gasteiger partial charge >= 0.3 is 5.97 Å². The molecule has 0 aliphatic heterocycles. The summed E-state index contributed by atoms with van der Waals surface area (Å²) in [5, 5.41) is 0.534. The predicted octanol–water partition coefficient (Wildman–Crippen LogP) is 2.38. The molecular formula is C16H12N2O3. The van der Waals surface area contributed by atoms with Crippen LogP contribution < -0.4 is 5.56 Å². The van der Waals surface area contributed by atoms with Crippen molar-refractivity contribution in [1.82, 2.24) is 9.97 Å². The number of H-pyrrole nitrogens is 1. The van der Waals surface area contributed by atoms with E-state index in [4.69, 9.17) is 0 Å². The zero-order chi connectivity index (χ0) is 14.8. The second-order valence-electron chi connectivity index (χ2n) is 4.53. The molecule has 0 unspecified atom stereocenters. The number of aromatic nitrogens is 2. The topological polar surface area (TPSA) is 72.0 Å². The van der Waals surface area contributed by atoms with Crippen LogP contribution in [0.5, 0.6) is 0 Å². The number of fused-ring (bicyclic) bond motifs is 1. The van der Waals surface area contributed by atoms with Crippen LogP contribution in [0.2, 0.25) is 0 Å². The smallest absolute Gasteiger partial charge is 0.337 e. The maximum Gasteiger partial charge on any atom is 0.337 e. The summed E-state index contributed by atoms with van der Waals surface area (Å²) in [4.78, 5) is 29.9. The van der Waals surface area contributed by atoms with Crippen LogP contribution in [0, 0.1) is 0 Å². The maximum absolute atomic E-state index is 11.8. The first-order valence-electron chi connectivity index (χ1n) is 6.35. The van der Waals surface area contributed by atoms with Gasteiger partial charge in [-0.25, -0.2) is 9.78 Å². The first kappa shape index (κ1) is 13.1. The van der Waals surface area contributed by atoms with Gasteiger partial charge in [0.25, 0.3) is 5.56 Å². The SMILES string of the molecule is COC(=O)c1ccc(-c2ccc3nc[nH]c(=O)c3c2)cc1. The van der Waals surface area contributed by atoms with Gasteiger partial charge in [0.1, 0.15) is 0 Å². The minimum Gasteiger partial charge on any atom is -0.465 e.